The lowest BCUT2D eigenvalue weighted by atomic mass is 10.1. The second-order valence-electron chi connectivity index (χ2n) is 4.64. The smallest absolute Gasteiger partial charge is 0.262 e. The maximum Gasteiger partial charge on any atom is 0.262 e. The molecular formula is C13H16ClF3N2O. The number of alkyl halides is 2. The van der Waals surface area contributed by atoms with E-state index in [0.29, 0.717) is 12.0 Å². The minimum absolute atomic E-state index is 0. The first-order valence-electron chi connectivity index (χ1n) is 6.12. The van der Waals surface area contributed by atoms with Crippen molar-refractivity contribution in [2.24, 2.45) is 0 Å². The van der Waals surface area contributed by atoms with Crippen molar-refractivity contribution in [2.45, 2.75) is 31.7 Å². The molecule has 1 saturated heterocycles. The Morgan fingerprint density at radius 2 is 2.20 bits per heavy atom. The van der Waals surface area contributed by atoms with Gasteiger partial charge in [0.2, 0.25) is 5.91 Å². The topological polar surface area (TPSA) is 41.1 Å². The van der Waals surface area contributed by atoms with Gasteiger partial charge in [-0.25, -0.2) is 13.2 Å². The molecule has 0 saturated carbocycles. The Labute approximate surface area is 121 Å². The van der Waals surface area contributed by atoms with Crippen molar-refractivity contribution in [1.82, 2.24) is 5.32 Å². The van der Waals surface area contributed by atoms with Gasteiger partial charge in [-0.1, -0.05) is 13.0 Å². The highest BCUT2D eigenvalue weighted by molar-refractivity contribution is 5.95. The molecule has 0 spiro atoms. The van der Waals surface area contributed by atoms with Crippen LogP contribution in [0, 0.1) is 5.82 Å². The van der Waals surface area contributed by atoms with Gasteiger partial charge in [0.1, 0.15) is 5.82 Å². The molecule has 1 aliphatic rings. The third-order valence-electron chi connectivity index (χ3n) is 3.13. The standard InChI is InChI=1S/C13H15F3N2O.ClH/c1-2-8-3-4-9(5-10(8)14)18-12(19)11-6-13(15,16)7-17-11;/h3-5,11,17H,2,6-7H2,1H3,(H,18,19);1H. The molecule has 0 bridgehead atoms. The average Bonchev–Trinajstić information content (AvgIpc) is 2.70. The number of halogens is 4. The summed E-state index contributed by atoms with van der Waals surface area (Å²) in [5, 5.41) is 4.89. The Bertz CT molecular complexity index is 497. The van der Waals surface area contributed by atoms with Gasteiger partial charge in [0, 0.05) is 12.1 Å². The van der Waals surface area contributed by atoms with E-state index in [0.717, 1.165) is 0 Å². The number of hydrogen-bond donors (Lipinski definition) is 2. The third-order valence-corrected chi connectivity index (χ3v) is 3.13. The zero-order valence-corrected chi connectivity index (χ0v) is 11.7. The number of hydrogen-bond acceptors (Lipinski definition) is 2. The van der Waals surface area contributed by atoms with E-state index in [-0.39, 0.29) is 18.1 Å². The molecule has 0 radical (unpaired) electrons. The van der Waals surface area contributed by atoms with Gasteiger partial charge in [-0.2, -0.15) is 0 Å². The van der Waals surface area contributed by atoms with Crippen LogP contribution in [0.3, 0.4) is 0 Å². The van der Waals surface area contributed by atoms with Gasteiger partial charge in [0.25, 0.3) is 5.92 Å². The number of benzene rings is 1. The molecule has 1 fully saturated rings. The van der Waals surface area contributed by atoms with Gasteiger partial charge in [-0.15, -0.1) is 12.4 Å². The number of rotatable bonds is 3. The quantitative estimate of drug-likeness (QED) is 0.901. The lowest BCUT2D eigenvalue weighted by molar-refractivity contribution is -0.118. The van der Waals surface area contributed by atoms with E-state index in [2.05, 4.69) is 10.6 Å². The van der Waals surface area contributed by atoms with E-state index in [9.17, 15) is 18.0 Å². The van der Waals surface area contributed by atoms with Crippen LogP contribution < -0.4 is 10.6 Å². The number of amides is 1. The number of carbonyl (C=O) groups is 1. The monoisotopic (exact) mass is 308 g/mol. The molecular weight excluding hydrogens is 293 g/mol. The van der Waals surface area contributed by atoms with E-state index in [4.69, 9.17) is 0 Å². The number of anilines is 1. The van der Waals surface area contributed by atoms with Crippen LogP contribution in [0.2, 0.25) is 0 Å². The minimum atomic E-state index is -2.86. The zero-order chi connectivity index (χ0) is 14.0. The normalized spacial score (nSPS) is 20.3. The summed E-state index contributed by atoms with van der Waals surface area (Å²) < 4.78 is 39.4. The minimum Gasteiger partial charge on any atom is -0.325 e. The lowest BCUT2D eigenvalue weighted by Crippen LogP contribution is -2.35. The van der Waals surface area contributed by atoms with Crippen LogP contribution in [-0.2, 0) is 11.2 Å². The van der Waals surface area contributed by atoms with E-state index < -0.39 is 36.7 Å². The van der Waals surface area contributed by atoms with Crippen molar-refractivity contribution < 1.29 is 18.0 Å². The molecule has 0 aromatic heterocycles. The summed E-state index contributed by atoms with van der Waals surface area (Å²) in [6.07, 6.45) is 0.0187. The fourth-order valence-corrected chi connectivity index (χ4v) is 2.04. The summed E-state index contributed by atoms with van der Waals surface area (Å²) in [5.74, 6) is -3.84. The molecule has 20 heavy (non-hydrogen) atoms. The van der Waals surface area contributed by atoms with E-state index in [1.807, 2.05) is 6.92 Å². The molecule has 1 aromatic carbocycles. The van der Waals surface area contributed by atoms with Crippen LogP contribution in [0.15, 0.2) is 18.2 Å². The second-order valence-corrected chi connectivity index (χ2v) is 4.64. The van der Waals surface area contributed by atoms with Crippen molar-refractivity contribution in [3.63, 3.8) is 0 Å². The van der Waals surface area contributed by atoms with Crippen molar-refractivity contribution in [2.75, 3.05) is 11.9 Å². The number of carbonyl (C=O) groups excluding carboxylic acids is 1. The van der Waals surface area contributed by atoms with Crippen LogP contribution in [0.25, 0.3) is 0 Å². The van der Waals surface area contributed by atoms with Gasteiger partial charge < -0.3 is 5.32 Å². The predicted molar refractivity (Wildman–Crippen MR) is 73.0 cm³/mol. The predicted octanol–water partition coefficient (Wildman–Crippen LogP) is 2.75. The first-order chi connectivity index (χ1) is 8.91. The number of nitrogens with one attached hydrogen (secondary N) is 2. The maximum atomic E-state index is 13.5. The molecule has 7 heteroatoms. The largest absolute Gasteiger partial charge is 0.325 e. The van der Waals surface area contributed by atoms with Crippen molar-refractivity contribution in [3.8, 4) is 0 Å². The molecule has 112 valence electrons. The highest BCUT2D eigenvalue weighted by Crippen LogP contribution is 2.26. The van der Waals surface area contributed by atoms with Crippen molar-refractivity contribution >= 4 is 24.0 Å². The maximum absolute atomic E-state index is 13.5. The Hall–Kier alpha value is -1.27. The van der Waals surface area contributed by atoms with Crippen LogP contribution >= 0.6 is 12.4 Å². The molecule has 0 aliphatic carbocycles. The van der Waals surface area contributed by atoms with Crippen LogP contribution in [0.4, 0.5) is 18.9 Å². The fourth-order valence-electron chi connectivity index (χ4n) is 2.04. The molecule has 2 N–H and O–H groups in total. The highest BCUT2D eigenvalue weighted by Gasteiger charge is 2.42. The summed E-state index contributed by atoms with van der Waals surface area (Å²) >= 11 is 0. The van der Waals surface area contributed by atoms with Crippen LogP contribution in [0.5, 0.6) is 0 Å². The van der Waals surface area contributed by atoms with Crippen LogP contribution in [-0.4, -0.2) is 24.4 Å². The van der Waals surface area contributed by atoms with Gasteiger partial charge in [0.05, 0.1) is 12.6 Å². The Morgan fingerprint density at radius 1 is 1.50 bits per heavy atom. The molecule has 1 atom stereocenters. The van der Waals surface area contributed by atoms with E-state index >= 15 is 0 Å². The fraction of sp³-hybridized carbons (Fsp3) is 0.462. The Morgan fingerprint density at radius 3 is 2.70 bits per heavy atom. The lowest BCUT2D eigenvalue weighted by Gasteiger charge is -2.12. The summed E-state index contributed by atoms with van der Waals surface area (Å²) in [6.45, 7) is 1.31. The first-order valence-corrected chi connectivity index (χ1v) is 6.12. The Balaban J connectivity index is 0.00000200. The van der Waals surface area contributed by atoms with Crippen molar-refractivity contribution in [3.05, 3.63) is 29.6 Å². The van der Waals surface area contributed by atoms with Gasteiger partial charge in [-0.05, 0) is 24.1 Å². The summed E-state index contributed by atoms with van der Waals surface area (Å²) in [7, 11) is 0. The average molecular weight is 309 g/mol. The molecule has 1 aliphatic heterocycles. The molecule has 1 amide bonds. The molecule has 3 nitrogen and oxygen atoms in total. The van der Waals surface area contributed by atoms with Crippen molar-refractivity contribution in [1.29, 1.82) is 0 Å². The molecule has 1 unspecified atom stereocenters. The van der Waals surface area contributed by atoms with E-state index in [1.54, 1.807) is 12.1 Å². The zero-order valence-electron chi connectivity index (χ0n) is 10.9. The highest BCUT2D eigenvalue weighted by atomic mass is 35.5. The third kappa shape index (κ3) is 3.86. The van der Waals surface area contributed by atoms with E-state index in [1.165, 1.54) is 6.07 Å². The number of aryl methyl sites for hydroxylation is 1. The van der Waals surface area contributed by atoms with Gasteiger partial charge >= 0.3 is 0 Å². The van der Waals surface area contributed by atoms with Gasteiger partial charge in [0.15, 0.2) is 0 Å². The first kappa shape index (κ1) is 16.8. The Kier molecular flexibility index (Phi) is 5.42. The molecule has 2 rings (SSSR count). The summed E-state index contributed by atoms with van der Waals surface area (Å²) in [4.78, 5) is 11.7. The molecule has 1 heterocycles. The SMILES string of the molecule is CCc1ccc(NC(=O)C2CC(F)(F)CN2)cc1F.Cl. The summed E-state index contributed by atoms with van der Waals surface area (Å²) in [5.41, 5.74) is 0.820. The second kappa shape index (κ2) is 6.45. The van der Waals surface area contributed by atoms with Gasteiger partial charge in [-0.3, -0.25) is 10.1 Å². The van der Waals surface area contributed by atoms with Crippen LogP contribution in [0.1, 0.15) is 18.9 Å². The summed E-state index contributed by atoms with van der Waals surface area (Å²) in [6, 6.07) is 3.39. The molecule has 1 aromatic rings.